The van der Waals surface area contributed by atoms with Gasteiger partial charge in [0.2, 0.25) is 5.89 Å². The lowest BCUT2D eigenvalue weighted by Crippen LogP contribution is -2.32. The first-order chi connectivity index (χ1) is 15.0. The van der Waals surface area contributed by atoms with E-state index >= 15 is 0 Å². The monoisotopic (exact) mass is 419 g/mol. The van der Waals surface area contributed by atoms with E-state index in [1.165, 1.54) is 0 Å². The van der Waals surface area contributed by atoms with Crippen LogP contribution in [0.1, 0.15) is 60.7 Å². The molecule has 3 aromatic rings. The van der Waals surface area contributed by atoms with Crippen molar-refractivity contribution in [2.45, 2.75) is 38.6 Å². The smallest absolute Gasteiger partial charge is 0.323 e. The Morgan fingerprint density at radius 2 is 1.61 bits per heavy atom. The number of carbonyl (C=O) groups excluding carboxylic acids is 2. The molecule has 1 atom stereocenters. The molecule has 3 N–H and O–H groups in total. The van der Waals surface area contributed by atoms with E-state index in [1.807, 2.05) is 32.0 Å². The first-order valence-electron chi connectivity index (χ1n) is 10.4. The molecule has 1 aliphatic rings. The van der Waals surface area contributed by atoms with E-state index < -0.39 is 0 Å². The summed E-state index contributed by atoms with van der Waals surface area (Å²) >= 11 is 0. The molecule has 0 spiro atoms. The SMILES string of the molecule is CC(C)C(NC(=O)c1ccc(NC(=O)Nc2ccccc2)cc1)c1nc(C2CC2)no1. The Bertz CT molecular complexity index is 1040. The highest BCUT2D eigenvalue weighted by Gasteiger charge is 2.31. The van der Waals surface area contributed by atoms with Crippen LogP contribution in [-0.2, 0) is 0 Å². The van der Waals surface area contributed by atoms with Crippen LogP contribution >= 0.6 is 0 Å². The zero-order valence-corrected chi connectivity index (χ0v) is 17.5. The molecule has 1 fully saturated rings. The molecule has 4 rings (SSSR count). The van der Waals surface area contributed by atoms with Gasteiger partial charge in [-0.15, -0.1) is 0 Å². The third kappa shape index (κ3) is 5.28. The van der Waals surface area contributed by atoms with Gasteiger partial charge in [0.15, 0.2) is 5.82 Å². The molecule has 1 saturated carbocycles. The number of nitrogens with zero attached hydrogens (tertiary/aromatic N) is 2. The van der Waals surface area contributed by atoms with Crippen LogP contribution in [0, 0.1) is 5.92 Å². The van der Waals surface area contributed by atoms with Gasteiger partial charge in [0.05, 0.1) is 0 Å². The average molecular weight is 419 g/mol. The molecule has 8 nitrogen and oxygen atoms in total. The maximum Gasteiger partial charge on any atom is 0.323 e. The minimum Gasteiger partial charge on any atom is -0.340 e. The number of para-hydroxylation sites is 1. The number of benzene rings is 2. The summed E-state index contributed by atoms with van der Waals surface area (Å²) in [4.78, 5) is 29.3. The third-order valence-corrected chi connectivity index (χ3v) is 5.06. The molecule has 1 aromatic heterocycles. The second kappa shape index (κ2) is 8.99. The molecule has 0 bridgehead atoms. The van der Waals surface area contributed by atoms with Crippen molar-refractivity contribution < 1.29 is 14.1 Å². The van der Waals surface area contributed by atoms with E-state index in [1.54, 1.807) is 36.4 Å². The van der Waals surface area contributed by atoms with Crippen molar-refractivity contribution in [3.05, 3.63) is 71.9 Å². The number of aromatic nitrogens is 2. The number of amides is 3. The Kier molecular flexibility index (Phi) is 5.97. The number of urea groups is 1. The van der Waals surface area contributed by atoms with Crippen LogP contribution in [0.4, 0.5) is 16.2 Å². The van der Waals surface area contributed by atoms with Gasteiger partial charge in [0.1, 0.15) is 6.04 Å². The summed E-state index contributed by atoms with van der Waals surface area (Å²) < 4.78 is 5.41. The van der Waals surface area contributed by atoms with Crippen LogP contribution in [0.15, 0.2) is 59.1 Å². The second-order valence-corrected chi connectivity index (χ2v) is 7.98. The van der Waals surface area contributed by atoms with Crippen LogP contribution in [0.2, 0.25) is 0 Å². The standard InChI is InChI=1S/C23H25N5O3/c1-14(2)19(22-27-20(28-31-22)15-8-9-15)26-21(29)16-10-12-18(13-11-16)25-23(30)24-17-6-4-3-5-7-17/h3-7,10-15,19H,8-9H2,1-2H3,(H,26,29)(H2,24,25,30). The Labute approximate surface area is 180 Å². The van der Waals surface area contributed by atoms with Gasteiger partial charge in [-0.3, -0.25) is 4.79 Å². The maximum absolute atomic E-state index is 12.8. The van der Waals surface area contributed by atoms with Crippen LogP contribution in [0.25, 0.3) is 0 Å². The van der Waals surface area contributed by atoms with Gasteiger partial charge in [-0.25, -0.2) is 4.79 Å². The Morgan fingerprint density at radius 3 is 2.23 bits per heavy atom. The predicted molar refractivity (Wildman–Crippen MR) is 117 cm³/mol. The number of rotatable bonds is 7. The van der Waals surface area contributed by atoms with E-state index in [0.717, 1.165) is 18.7 Å². The fraction of sp³-hybridized carbons (Fsp3) is 0.304. The van der Waals surface area contributed by atoms with Crippen molar-refractivity contribution in [2.75, 3.05) is 10.6 Å². The number of anilines is 2. The lowest BCUT2D eigenvalue weighted by Gasteiger charge is -2.18. The van der Waals surface area contributed by atoms with Gasteiger partial charge < -0.3 is 20.5 Å². The van der Waals surface area contributed by atoms with Crippen molar-refractivity contribution in [1.29, 1.82) is 0 Å². The van der Waals surface area contributed by atoms with Crippen molar-refractivity contribution in [3.8, 4) is 0 Å². The number of carbonyl (C=O) groups is 2. The number of hydrogen-bond acceptors (Lipinski definition) is 5. The molecule has 31 heavy (non-hydrogen) atoms. The van der Waals surface area contributed by atoms with E-state index in [4.69, 9.17) is 4.52 Å². The minimum absolute atomic E-state index is 0.0825. The molecule has 0 radical (unpaired) electrons. The summed E-state index contributed by atoms with van der Waals surface area (Å²) in [5.41, 5.74) is 1.75. The highest BCUT2D eigenvalue weighted by molar-refractivity contribution is 6.00. The third-order valence-electron chi connectivity index (χ3n) is 5.06. The van der Waals surface area contributed by atoms with Crippen molar-refractivity contribution >= 4 is 23.3 Å². The Hall–Kier alpha value is -3.68. The number of hydrogen-bond donors (Lipinski definition) is 3. The lowest BCUT2D eigenvalue weighted by molar-refractivity contribution is 0.0914. The zero-order chi connectivity index (χ0) is 21.8. The van der Waals surface area contributed by atoms with Crippen molar-refractivity contribution in [3.63, 3.8) is 0 Å². The van der Waals surface area contributed by atoms with E-state index in [-0.39, 0.29) is 23.9 Å². The number of nitrogens with one attached hydrogen (secondary N) is 3. The molecule has 0 saturated heterocycles. The van der Waals surface area contributed by atoms with Gasteiger partial charge in [-0.1, -0.05) is 37.2 Å². The van der Waals surface area contributed by atoms with Crippen LogP contribution in [-0.4, -0.2) is 22.1 Å². The quantitative estimate of drug-likeness (QED) is 0.513. The first-order valence-corrected chi connectivity index (χ1v) is 10.4. The van der Waals surface area contributed by atoms with E-state index in [2.05, 4.69) is 26.1 Å². The molecular weight excluding hydrogens is 394 g/mol. The van der Waals surface area contributed by atoms with E-state index in [0.29, 0.717) is 28.7 Å². The molecule has 3 amide bonds. The van der Waals surface area contributed by atoms with Crippen molar-refractivity contribution in [1.82, 2.24) is 15.5 Å². The Morgan fingerprint density at radius 1 is 0.968 bits per heavy atom. The summed E-state index contributed by atoms with van der Waals surface area (Å²) in [6, 6.07) is 15.1. The van der Waals surface area contributed by atoms with Crippen molar-refractivity contribution in [2.24, 2.45) is 5.92 Å². The first kappa shape index (κ1) is 20.6. The minimum atomic E-state index is -0.373. The molecular formula is C23H25N5O3. The molecule has 0 aliphatic heterocycles. The van der Waals surface area contributed by atoms with Gasteiger partial charge in [0.25, 0.3) is 5.91 Å². The van der Waals surface area contributed by atoms with Gasteiger partial charge >= 0.3 is 6.03 Å². The lowest BCUT2D eigenvalue weighted by atomic mass is 10.0. The average Bonchev–Trinajstić information content (AvgIpc) is 3.50. The molecule has 1 aliphatic carbocycles. The molecule has 2 aromatic carbocycles. The highest BCUT2D eigenvalue weighted by atomic mass is 16.5. The Balaban J connectivity index is 1.37. The fourth-order valence-electron chi connectivity index (χ4n) is 3.14. The molecule has 8 heteroatoms. The van der Waals surface area contributed by atoms with Crippen LogP contribution < -0.4 is 16.0 Å². The van der Waals surface area contributed by atoms with Gasteiger partial charge in [-0.05, 0) is 55.2 Å². The summed E-state index contributed by atoms with van der Waals surface area (Å²) in [6.45, 7) is 3.98. The largest absolute Gasteiger partial charge is 0.340 e. The zero-order valence-electron chi connectivity index (χ0n) is 17.5. The topological polar surface area (TPSA) is 109 Å². The maximum atomic E-state index is 12.8. The summed E-state index contributed by atoms with van der Waals surface area (Å²) in [5.74, 6) is 1.38. The van der Waals surface area contributed by atoms with Crippen LogP contribution in [0.3, 0.4) is 0 Å². The fourth-order valence-corrected chi connectivity index (χ4v) is 3.14. The second-order valence-electron chi connectivity index (χ2n) is 7.98. The summed E-state index contributed by atoms with van der Waals surface area (Å²) in [7, 11) is 0. The van der Waals surface area contributed by atoms with Crippen LogP contribution in [0.5, 0.6) is 0 Å². The molecule has 160 valence electrons. The predicted octanol–water partition coefficient (Wildman–Crippen LogP) is 4.72. The highest BCUT2D eigenvalue weighted by Crippen LogP contribution is 2.38. The molecule has 1 unspecified atom stereocenters. The molecule has 1 heterocycles. The summed E-state index contributed by atoms with van der Waals surface area (Å²) in [6.07, 6.45) is 2.17. The van der Waals surface area contributed by atoms with E-state index in [9.17, 15) is 9.59 Å². The van der Waals surface area contributed by atoms with Gasteiger partial charge in [0, 0.05) is 22.9 Å². The summed E-state index contributed by atoms with van der Waals surface area (Å²) in [5, 5.41) is 12.5. The normalized spacial score (nSPS) is 14.2. The van der Waals surface area contributed by atoms with Gasteiger partial charge in [-0.2, -0.15) is 4.98 Å².